The number of ether oxygens (including phenoxy) is 1. The summed E-state index contributed by atoms with van der Waals surface area (Å²) in [6.07, 6.45) is -0.0558. The van der Waals surface area contributed by atoms with Crippen molar-refractivity contribution in [3.05, 3.63) is 82.1 Å². The van der Waals surface area contributed by atoms with E-state index in [4.69, 9.17) is 4.74 Å². The van der Waals surface area contributed by atoms with Crippen molar-refractivity contribution in [2.24, 2.45) is 0 Å². The van der Waals surface area contributed by atoms with Gasteiger partial charge in [-0.2, -0.15) is 0 Å². The van der Waals surface area contributed by atoms with Crippen molar-refractivity contribution in [2.45, 2.75) is 12.3 Å². The Hall–Kier alpha value is -3.30. The highest BCUT2D eigenvalue weighted by molar-refractivity contribution is 9.10. The fourth-order valence-corrected chi connectivity index (χ4v) is 3.85. The largest absolute Gasteiger partial charge is 0.505 e. The first-order valence-corrected chi connectivity index (χ1v) is 10.4. The number of carbonyl (C=O) groups excluding carboxylic acids is 1. The van der Waals surface area contributed by atoms with Crippen molar-refractivity contribution in [1.29, 1.82) is 0 Å². The number of nitrogens with zero attached hydrogens (tertiary/aromatic N) is 1. The number of alkyl carbamates (subject to hydrolysis) is 1. The number of halogens is 1. The topological polar surface area (TPSA) is 71.5 Å². The lowest BCUT2D eigenvalue weighted by Crippen LogP contribution is -2.26. The van der Waals surface area contributed by atoms with E-state index in [1.165, 1.54) is 28.3 Å². The van der Waals surface area contributed by atoms with E-state index in [0.717, 1.165) is 0 Å². The molecule has 0 fully saturated rings. The Labute approximate surface area is 183 Å². The van der Waals surface area contributed by atoms with Gasteiger partial charge in [-0.25, -0.2) is 9.78 Å². The molecular weight excluding hydrogens is 444 g/mol. The lowest BCUT2D eigenvalue weighted by atomic mass is 9.98. The maximum Gasteiger partial charge on any atom is 0.407 e. The number of aromatic hydroxyl groups is 1. The minimum atomic E-state index is -0.470. The van der Waals surface area contributed by atoms with Crippen molar-refractivity contribution in [2.75, 3.05) is 13.2 Å². The fraction of sp³-hybridized carbons (Fsp3) is 0.167. The smallest absolute Gasteiger partial charge is 0.407 e. The minimum Gasteiger partial charge on any atom is -0.505 e. The lowest BCUT2D eigenvalue weighted by Gasteiger charge is -2.14. The van der Waals surface area contributed by atoms with Gasteiger partial charge in [0.1, 0.15) is 17.0 Å². The van der Waals surface area contributed by atoms with E-state index in [2.05, 4.69) is 62.3 Å². The number of fused-ring (bicyclic) bond motifs is 3. The Kier molecular flexibility index (Phi) is 6.01. The van der Waals surface area contributed by atoms with Crippen LogP contribution in [0.2, 0.25) is 0 Å². The van der Waals surface area contributed by atoms with Gasteiger partial charge in [-0.3, -0.25) is 0 Å². The Morgan fingerprint density at radius 2 is 1.73 bits per heavy atom. The number of amides is 1. The quantitative estimate of drug-likeness (QED) is 0.330. The molecule has 3 aromatic rings. The number of hydrogen-bond donors (Lipinski definition) is 2. The Balaban J connectivity index is 1.30. The standard InChI is InChI=1S/C24H19BrN2O3/c25-23-13-12-22(28)21(27-23)11-5-6-14-26-24(29)30-15-20-18-9-3-1-7-16(18)17-8-2-4-10-19(17)20/h1-4,7-10,12-13,20,28H,6,14-15H2,(H,26,29). The molecule has 30 heavy (non-hydrogen) atoms. The van der Waals surface area contributed by atoms with Crippen molar-refractivity contribution < 1.29 is 14.6 Å². The zero-order valence-corrected chi connectivity index (χ0v) is 17.6. The molecular formula is C24H19BrN2O3. The van der Waals surface area contributed by atoms with Gasteiger partial charge in [-0.05, 0) is 56.2 Å². The molecule has 0 radical (unpaired) electrons. The van der Waals surface area contributed by atoms with E-state index in [1.54, 1.807) is 6.07 Å². The second-order valence-electron chi connectivity index (χ2n) is 6.81. The van der Waals surface area contributed by atoms with E-state index < -0.39 is 6.09 Å². The lowest BCUT2D eigenvalue weighted by molar-refractivity contribution is 0.143. The third-order valence-electron chi connectivity index (χ3n) is 4.91. The summed E-state index contributed by atoms with van der Waals surface area (Å²) in [5, 5.41) is 12.4. The van der Waals surface area contributed by atoms with Gasteiger partial charge < -0.3 is 15.2 Å². The maximum absolute atomic E-state index is 12.1. The molecule has 2 N–H and O–H groups in total. The molecule has 4 rings (SSSR count). The van der Waals surface area contributed by atoms with Crippen LogP contribution in [0.1, 0.15) is 29.2 Å². The number of nitrogens with one attached hydrogen (secondary N) is 1. The first-order chi connectivity index (χ1) is 14.6. The van der Waals surface area contributed by atoms with Crippen LogP contribution in [-0.2, 0) is 4.74 Å². The van der Waals surface area contributed by atoms with Crippen LogP contribution < -0.4 is 5.32 Å². The van der Waals surface area contributed by atoms with Crippen LogP contribution in [0.5, 0.6) is 5.75 Å². The zero-order valence-electron chi connectivity index (χ0n) is 16.1. The van der Waals surface area contributed by atoms with Gasteiger partial charge in [0.05, 0.1) is 0 Å². The van der Waals surface area contributed by atoms with Crippen LogP contribution >= 0.6 is 15.9 Å². The van der Waals surface area contributed by atoms with Gasteiger partial charge in [-0.15, -0.1) is 0 Å². The van der Waals surface area contributed by atoms with Gasteiger partial charge in [0.2, 0.25) is 0 Å². The summed E-state index contributed by atoms with van der Waals surface area (Å²) >= 11 is 3.24. The molecule has 2 aromatic carbocycles. The van der Waals surface area contributed by atoms with E-state index >= 15 is 0 Å². The molecule has 0 aliphatic heterocycles. The predicted octanol–water partition coefficient (Wildman–Crippen LogP) is 4.83. The van der Waals surface area contributed by atoms with E-state index in [-0.39, 0.29) is 18.3 Å². The molecule has 150 valence electrons. The van der Waals surface area contributed by atoms with Crippen LogP contribution in [-0.4, -0.2) is 29.3 Å². The molecule has 0 saturated heterocycles. The molecule has 0 bridgehead atoms. The SMILES string of the molecule is O=C(NCCC#Cc1nc(Br)ccc1O)OCC1c2ccccc2-c2ccccc21. The van der Waals surface area contributed by atoms with E-state index in [0.29, 0.717) is 23.3 Å². The van der Waals surface area contributed by atoms with Crippen LogP contribution in [0.25, 0.3) is 11.1 Å². The average molecular weight is 463 g/mol. The second-order valence-corrected chi connectivity index (χ2v) is 7.62. The molecule has 5 nitrogen and oxygen atoms in total. The molecule has 0 spiro atoms. The summed E-state index contributed by atoms with van der Waals surface area (Å²) in [4.78, 5) is 16.2. The van der Waals surface area contributed by atoms with Gasteiger partial charge >= 0.3 is 6.09 Å². The number of aromatic nitrogens is 1. The molecule has 6 heteroatoms. The summed E-state index contributed by atoms with van der Waals surface area (Å²) in [5.74, 6) is 5.74. The summed E-state index contributed by atoms with van der Waals surface area (Å²) in [7, 11) is 0. The first-order valence-electron chi connectivity index (χ1n) is 9.56. The third kappa shape index (κ3) is 4.32. The predicted molar refractivity (Wildman–Crippen MR) is 118 cm³/mol. The zero-order chi connectivity index (χ0) is 20.9. The summed E-state index contributed by atoms with van der Waals surface area (Å²) in [6, 6.07) is 19.6. The van der Waals surface area contributed by atoms with Crippen molar-refractivity contribution in [3.8, 4) is 28.7 Å². The maximum atomic E-state index is 12.1. The molecule has 1 aliphatic rings. The van der Waals surface area contributed by atoms with Crippen molar-refractivity contribution in [3.63, 3.8) is 0 Å². The fourth-order valence-electron chi connectivity index (χ4n) is 3.54. The first kappa shape index (κ1) is 20.0. The van der Waals surface area contributed by atoms with Gasteiger partial charge in [0.25, 0.3) is 0 Å². The minimum absolute atomic E-state index is 0.0233. The van der Waals surface area contributed by atoms with Crippen LogP contribution in [0.4, 0.5) is 4.79 Å². The highest BCUT2D eigenvalue weighted by atomic mass is 79.9. The number of rotatable bonds is 4. The van der Waals surface area contributed by atoms with Crippen LogP contribution in [0.15, 0.2) is 65.3 Å². The van der Waals surface area contributed by atoms with Crippen LogP contribution in [0, 0.1) is 11.8 Å². The number of hydrogen-bond acceptors (Lipinski definition) is 4. The Morgan fingerprint density at radius 1 is 1.07 bits per heavy atom. The average Bonchev–Trinajstić information content (AvgIpc) is 3.08. The molecule has 1 aromatic heterocycles. The van der Waals surface area contributed by atoms with Gasteiger partial charge in [0, 0.05) is 18.9 Å². The highest BCUT2D eigenvalue weighted by Crippen LogP contribution is 2.44. The van der Waals surface area contributed by atoms with Gasteiger partial charge in [0.15, 0.2) is 5.69 Å². The molecule has 0 unspecified atom stereocenters. The monoisotopic (exact) mass is 462 g/mol. The summed E-state index contributed by atoms with van der Waals surface area (Å²) in [5.41, 5.74) is 5.05. The molecule has 1 amide bonds. The normalized spacial score (nSPS) is 11.8. The Morgan fingerprint density at radius 3 is 2.43 bits per heavy atom. The third-order valence-corrected chi connectivity index (χ3v) is 5.35. The van der Waals surface area contributed by atoms with E-state index in [9.17, 15) is 9.90 Å². The number of pyridine rings is 1. The number of carbonyl (C=O) groups is 1. The summed E-state index contributed by atoms with van der Waals surface area (Å²) in [6.45, 7) is 0.625. The number of benzene rings is 2. The van der Waals surface area contributed by atoms with E-state index in [1.807, 2.05) is 24.3 Å². The summed E-state index contributed by atoms with van der Waals surface area (Å²) < 4.78 is 6.08. The highest BCUT2D eigenvalue weighted by Gasteiger charge is 2.28. The van der Waals surface area contributed by atoms with Crippen molar-refractivity contribution in [1.82, 2.24) is 10.3 Å². The Bertz CT molecular complexity index is 1100. The second kappa shape index (κ2) is 9.02. The van der Waals surface area contributed by atoms with Gasteiger partial charge in [-0.1, -0.05) is 54.5 Å². The van der Waals surface area contributed by atoms with Crippen molar-refractivity contribution >= 4 is 22.0 Å². The molecule has 0 atom stereocenters. The molecule has 0 saturated carbocycles. The molecule has 1 aliphatic carbocycles. The molecule has 1 heterocycles. The van der Waals surface area contributed by atoms with Crippen LogP contribution in [0.3, 0.4) is 0 Å².